The lowest BCUT2D eigenvalue weighted by Crippen LogP contribution is -2.39. The second kappa shape index (κ2) is 7.95. The number of rotatable bonds is 3. The van der Waals surface area contributed by atoms with E-state index in [0.29, 0.717) is 12.1 Å². The van der Waals surface area contributed by atoms with E-state index in [1.165, 1.54) is 12.8 Å². The molecular weight excluding hydrogens is 362 g/mol. The van der Waals surface area contributed by atoms with E-state index < -0.39 is 0 Å². The number of ether oxygens (including phenoxy) is 1. The molecule has 1 aromatic heterocycles. The lowest BCUT2D eigenvalue weighted by molar-refractivity contribution is 0.0747. The molecule has 0 aliphatic carbocycles. The second-order valence-electron chi connectivity index (χ2n) is 7.50. The lowest BCUT2D eigenvalue weighted by atomic mass is 10.1. The van der Waals surface area contributed by atoms with E-state index in [1.807, 2.05) is 42.2 Å². The Labute approximate surface area is 167 Å². The summed E-state index contributed by atoms with van der Waals surface area (Å²) in [7, 11) is 1.67. The molecule has 2 aliphatic heterocycles. The van der Waals surface area contributed by atoms with E-state index in [0.717, 1.165) is 47.9 Å². The second-order valence-corrected chi connectivity index (χ2v) is 7.50. The Balaban J connectivity index is 0.00000210. The molecule has 2 aliphatic rings. The van der Waals surface area contributed by atoms with Crippen LogP contribution in [-0.2, 0) is 0 Å². The summed E-state index contributed by atoms with van der Waals surface area (Å²) in [6, 6.07) is 11.0. The van der Waals surface area contributed by atoms with Crippen molar-refractivity contribution in [1.29, 1.82) is 0 Å². The third kappa shape index (κ3) is 3.71. The first-order valence-corrected chi connectivity index (χ1v) is 9.45. The number of carbonyl (C=O) groups is 1. The number of nitrogens with zero attached hydrogens (tertiary/aromatic N) is 2. The van der Waals surface area contributed by atoms with E-state index in [4.69, 9.17) is 4.74 Å². The highest BCUT2D eigenvalue weighted by molar-refractivity contribution is 5.96. The van der Waals surface area contributed by atoms with E-state index in [2.05, 4.69) is 16.8 Å². The van der Waals surface area contributed by atoms with Gasteiger partial charge in [-0.05, 0) is 63.4 Å². The maximum Gasteiger partial charge on any atom is 0.255 e. The van der Waals surface area contributed by atoms with Gasteiger partial charge in [0.25, 0.3) is 5.91 Å². The number of carbonyl (C=O) groups excluding carboxylic acids is 1. The molecule has 2 fully saturated rings. The van der Waals surface area contributed by atoms with Crippen LogP contribution in [0.25, 0.3) is 5.69 Å². The first-order valence-electron chi connectivity index (χ1n) is 9.45. The van der Waals surface area contributed by atoms with Gasteiger partial charge in [0, 0.05) is 42.2 Å². The highest BCUT2D eigenvalue weighted by Gasteiger charge is 2.32. The zero-order valence-corrected chi connectivity index (χ0v) is 17.0. The van der Waals surface area contributed by atoms with Crippen molar-refractivity contribution in [2.75, 3.05) is 20.2 Å². The van der Waals surface area contributed by atoms with Gasteiger partial charge < -0.3 is 19.5 Å². The molecule has 2 aromatic rings. The van der Waals surface area contributed by atoms with Crippen LogP contribution in [0.1, 0.15) is 41.0 Å². The van der Waals surface area contributed by atoms with E-state index in [1.54, 1.807) is 7.11 Å². The van der Waals surface area contributed by atoms with Crippen LogP contribution < -0.4 is 10.1 Å². The quantitative estimate of drug-likeness (QED) is 0.874. The zero-order chi connectivity index (χ0) is 18.3. The van der Waals surface area contributed by atoms with Crippen LogP contribution in [-0.4, -0.2) is 47.7 Å². The van der Waals surface area contributed by atoms with Gasteiger partial charge in [-0.25, -0.2) is 0 Å². The van der Waals surface area contributed by atoms with Crippen molar-refractivity contribution in [2.24, 2.45) is 0 Å². The minimum absolute atomic E-state index is 0. The number of nitrogens with one attached hydrogen (secondary N) is 1. The number of aryl methyl sites for hydroxylation is 1. The van der Waals surface area contributed by atoms with E-state index in [-0.39, 0.29) is 18.3 Å². The number of halogens is 1. The third-order valence-corrected chi connectivity index (χ3v) is 5.80. The van der Waals surface area contributed by atoms with Gasteiger partial charge in [-0.15, -0.1) is 12.4 Å². The number of hydrogen-bond donors (Lipinski definition) is 1. The van der Waals surface area contributed by atoms with Gasteiger partial charge in [-0.2, -0.15) is 0 Å². The fraction of sp³-hybridized carbons (Fsp3) is 0.476. The molecule has 1 aromatic carbocycles. The van der Waals surface area contributed by atoms with Gasteiger partial charge in [-0.3, -0.25) is 4.79 Å². The van der Waals surface area contributed by atoms with Crippen molar-refractivity contribution < 1.29 is 9.53 Å². The van der Waals surface area contributed by atoms with Gasteiger partial charge in [-0.1, -0.05) is 0 Å². The molecule has 2 atom stereocenters. The van der Waals surface area contributed by atoms with E-state index >= 15 is 0 Å². The van der Waals surface area contributed by atoms with Crippen molar-refractivity contribution >= 4 is 18.3 Å². The largest absolute Gasteiger partial charge is 0.497 e. The normalized spacial score (nSPS) is 21.5. The molecule has 1 amide bonds. The molecule has 3 heterocycles. The molecule has 2 bridgehead atoms. The molecule has 27 heavy (non-hydrogen) atoms. The molecule has 0 radical (unpaired) electrons. The molecule has 4 rings (SSSR count). The fourth-order valence-electron chi connectivity index (χ4n) is 4.41. The van der Waals surface area contributed by atoms with Gasteiger partial charge in [0.05, 0.1) is 12.7 Å². The molecule has 146 valence electrons. The number of likely N-dealkylation sites (tertiary alicyclic amines) is 1. The lowest BCUT2D eigenvalue weighted by Gasteiger charge is -2.24. The van der Waals surface area contributed by atoms with Gasteiger partial charge in [0.1, 0.15) is 5.75 Å². The number of aromatic nitrogens is 1. The van der Waals surface area contributed by atoms with Crippen molar-refractivity contribution in [1.82, 2.24) is 14.8 Å². The average Bonchev–Trinajstić information content (AvgIpc) is 3.13. The predicted molar refractivity (Wildman–Crippen MR) is 110 cm³/mol. The first kappa shape index (κ1) is 19.8. The van der Waals surface area contributed by atoms with Crippen LogP contribution in [0, 0.1) is 13.8 Å². The summed E-state index contributed by atoms with van der Waals surface area (Å²) in [6.07, 6.45) is 3.48. The minimum atomic E-state index is 0. The Kier molecular flexibility index (Phi) is 5.82. The summed E-state index contributed by atoms with van der Waals surface area (Å²) in [4.78, 5) is 15.3. The molecular formula is C21H28ClN3O2. The van der Waals surface area contributed by atoms with Crippen LogP contribution >= 0.6 is 12.4 Å². The van der Waals surface area contributed by atoms with Crippen LogP contribution in [0.4, 0.5) is 0 Å². The van der Waals surface area contributed by atoms with Crippen LogP contribution in [0.2, 0.25) is 0 Å². The molecule has 1 N–H and O–H groups in total. The topological polar surface area (TPSA) is 46.5 Å². The van der Waals surface area contributed by atoms with Crippen molar-refractivity contribution in [2.45, 2.75) is 45.2 Å². The fourth-order valence-corrected chi connectivity index (χ4v) is 4.41. The Bertz CT molecular complexity index is 816. The minimum Gasteiger partial charge on any atom is -0.497 e. The maximum absolute atomic E-state index is 13.2. The van der Waals surface area contributed by atoms with Crippen molar-refractivity contribution in [3.63, 3.8) is 0 Å². The molecule has 0 spiro atoms. The zero-order valence-electron chi connectivity index (χ0n) is 16.2. The summed E-state index contributed by atoms with van der Waals surface area (Å²) in [5, 5.41) is 3.65. The highest BCUT2D eigenvalue weighted by Crippen LogP contribution is 2.26. The summed E-state index contributed by atoms with van der Waals surface area (Å²) in [5.74, 6) is 0.992. The Hall–Kier alpha value is -1.98. The standard InChI is InChI=1S/C21H27N3O2.ClH/c1-14-12-20(15(2)24(14)18-6-8-19(26-3)9-7-18)21(25)23-11-10-16-4-5-17(13-23)22-16;/h6-9,12,16-17,22H,4-5,10-11,13H2,1-3H3;1H. The molecule has 0 saturated carbocycles. The SMILES string of the molecule is COc1ccc(-n2c(C)cc(C(=O)N3CCC4CCC(C3)N4)c2C)cc1.Cl. The predicted octanol–water partition coefficient (Wildman–Crippen LogP) is 3.49. The monoisotopic (exact) mass is 389 g/mol. The number of methoxy groups -OCH3 is 1. The summed E-state index contributed by atoms with van der Waals surface area (Å²) in [6.45, 7) is 5.76. The van der Waals surface area contributed by atoms with E-state index in [9.17, 15) is 4.79 Å². The molecule has 2 saturated heterocycles. The molecule has 6 heteroatoms. The van der Waals surface area contributed by atoms with Crippen molar-refractivity contribution in [3.05, 3.63) is 47.3 Å². The maximum atomic E-state index is 13.2. The third-order valence-electron chi connectivity index (χ3n) is 5.80. The van der Waals surface area contributed by atoms with Crippen LogP contribution in [0.15, 0.2) is 30.3 Å². The smallest absolute Gasteiger partial charge is 0.255 e. The Morgan fingerprint density at radius 3 is 2.52 bits per heavy atom. The van der Waals surface area contributed by atoms with Crippen LogP contribution in [0.5, 0.6) is 5.75 Å². The molecule has 2 unspecified atom stereocenters. The number of amides is 1. The average molecular weight is 390 g/mol. The molecule has 5 nitrogen and oxygen atoms in total. The van der Waals surface area contributed by atoms with Crippen molar-refractivity contribution in [3.8, 4) is 11.4 Å². The summed E-state index contributed by atoms with van der Waals surface area (Å²) >= 11 is 0. The van der Waals surface area contributed by atoms with Gasteiger partial charge >= 0.3 is 0 Å². The van der Waals surface area contributed by atoms with Gasteiger partial charge in [0.2, 0.25) is 0 Å². The number of benzene rings is 1. The summed E-state index contributed by atoms with van der Waals surface area (Å²) in [5.41, 5.74) is 3.94. The number of fused-ring (bicyclic) bond motifs is 2. The summed E-state index contributed by atoms with van der Waals surface area (Å²) < 4.78 is 7.40. The van der Waals surface area contributed by atoms with Crippen LogP contribution in [0.3, 0.4) is 0 Å². The Morgan fingerprint density at radius 2 is 1.81 bits per heavy atom. The Morgan fingerprint density at radius 1 is 1.11 bits per heavy atom. The number of hydrogen-bond acceptors (Lipinski definition) is 3. The first-order chi connectivity index (χ1) is 12.6. The highest BCUT2D eigenvalue weighted by atomic mass is 35.5. The van der Waals surface area contributed by atoms with Gasteiger partial charge in [0.15, 0.2) is 0 Å².